The normalized spacial score (nSPS) is 17.0. The number of anilines is 2. The Morgan fingerprint density at radius 2 is 1.96 bits per heavy atom. The van der Waals surface area contributed by atoms with E-state index in [2.05, 4.69) is 27.4 Å². The molecule has 1 aliphatic rings. The number of sulfonamides is 1. The lowest BCUT2D eigenvalue weighted by Gasteiger charge is -2.26. The molecule has 7 heteroatoms. The van der Waals surface area contributed by atoms with Gasteiger partial charge in [0.15, 0.2) is 0 Å². The molecule has 0 N–H and O–H groups in total. The first kappa shape index (κ1) is 19.0. The van der Waals surface area contributed by atoms with Gasteiger partial charge in [-0.15, -0.1) is 11.3 Å². The molecule has 2 aromatic heterocycles. The summed E-state index contributed by atoms with van der Waals surface area (Å²) in [5.74, 6) is 0.831. The zero-order valence-corrected chi connectivity index (χ0v) is 17.4. The molecule has 1 unspecified atom stereocenters. The van der Waals surface area contributed by atoms with Gasteiger partial charge in [-0.3, -0.25) is 4.31 Å². The summed E-state index contributed by atoms with van der Waals surface area (Å²) in [7, 11) is -3.65. The van der Waals surface area contributed by atoms with Gasteiger partial charge in [0, 0.05) is 24.2 Å². The molecule has 0 bridgehead atoms. The molecule has 4 rings (SSSR count). The fourth-order valence-electron chi connectivity index (χ4n) is 3.73. The Hall–Kier alpha value is -2.38. The summed E-state index contributed by atoms with van der Waals surface area (Å²) in [5.41, 5.74) is 0.659. The third-order valence-electron chi connectivity index (χ3n) is 5.06. The molecule has 1 aromatic carbocycles. The van der Waals surface area contributed by atoms with Gasteiger partial charge in [-0.1, -0.05) is 24.3 Å². The molecular formula is C21H23N3O2S2. The fourth-order valence-corrected chi connectivity index (χ4v) is 6.02. The first-order valence-corrected chi connectivity index (χ1v) is 11.8. The Morgan fingerprint density at radius 1 is 1.14 bits per heavy atom. The van der Waals surface area contributed by atoms with Crippen molar-refractivity contribution < 1.29 is 8.42 Å². The van der Waals surface area contributed by atoms with Crippen molar-refractivity contribution in [3.63, 3.8) is 0 Å². The van der Waals surface area contributed by atoms with Gasteiger partial charge in [-0.25, -0.2) is 13.4 Å². The van der Waals surface area contributed by atoms with Crippen LogP contribution in [-0.4, -0.2) is 26.5 Å². The third kappa shape index (κ3) is 3.52. The van der Waals surface area contributed by atoms with Gasteiger partial charge >= 0.3 is 0 Å². The second-order valence-corrected chi connectivity index (χ2v) is 9.57. The maximum atomic E-state index is 13.1. The summed E-state index contributed by atoms with van der Waals surface area (Å²) < 4.78 is 27.7. The summed E-state index contributed by atoms with van der Waals surface area (Å²) in [5, 5.41) is 2.10. The molecule has 0 radical (unpaired) electrons. The minimum absolute atomic E-state index is 0.217. The van der Waals surface area contributed by atoms with E-state index in [1.54, 1.807) is 29.5 Å². The summed E-state index contributed by atoms with van der Waals surface area (Å²) in [6, 6.07) is 17.2. The summed E-state index contributed by atoms with van der Waals surface area (Å²) in [6.45, 7) is 3.13. The molecular weight excluding hydrogens is 390 g/mol. The molecule has 1 saturated heterocycles. The number of thiophene rings is 1. The second kappa shape index (κ2) is 7.93. The van der Waals surface area contributed by atoms with Crippen molar-refractivity contribution in [1.82, 2.24) is 4.98 Å². The van der Waals surface area contributed by atoms with E-state index < -0.39 is 10.0 Å². The largest absolute Gasteiger partial charge is 0.349 e. The topological polar surface area (TPSA) is 53.5 Å². The summed E-state index contributed by atoms with van der Waals surface area (Å²) in [6.07, 6.45) is 3.70. The number of hydrogen-bond acceptors (Lipinski definition) is 5. The molecule has 5 nitrogen and oxygen atoms in total. The van der Waals surface area contributed by atoms with Crippen LogP contribution < -0.4 is 9.21 Å². The quantitative estimate of drug-likeness (QED) is 0.588. The van der Waals surface area contributed by atoms with Crippen LogP contribution in [0.25, 0.3) is 0 Å². The van der Waals surface area contributed by atoms with Gasteiger partial charge in [0.2, 0.25) is 0 Å². The average molecular weight is 414 g/mol. The Labute approximate surface area is 170 Å². The molecule has 0 spiro atoms. The second-order valence-electron chi connectivity index (χ2n) is 6.72. The summed E-state index contributed by atoms with van der Waals surface area (Å²) in [4.78, 5) is 8.34. The Morgan fingerprint density at radius 3 is 2.61 bits per heavy atom. The number of para-hydroxylation sites is 1. The van der Waals surface area contributed by atoms with Crippen LogP contribution in [0.5, 0.6) is 0 Å². The van der Waals surface area contributed by atoms with Crippen molar-refractivity contribution in [3.05, 3.63) is 71.1 Å². The third-order valence-corrected chi connectivity index (χ3v) is 7.92. The molecule has 0 aliphatic carbocycles. The number of benzene rings is 1. The molecule has 1 atom stereocenters. The zero-order chi connectivity index (χ0) is 19.6. The molecule has 28 heavy (non-hydrogen) atoms. The lowest BCUT2D eigenvalue weighted by atomic mass is 10.2. The predicted octanol–water partition coefficient (Wildman–Crippen LogP) is 4.70. The van der Waals surface area contributed by atoms with Crippen LogP contribution in [0, 0.1) is 0 Å². The smallest absolute Gasteiger partial charge is 0.265 e. The van der Waals surface area contributed by atoms with Crippen LogP contribution in [-0.2, 0) is 10.0 Å². The minimum Gasteiger partial charge on any atom is -0.349 e. The molecule has 0 amide bonds. The number of pyridine rings is 1. The average Bonchev–Trinajstić information content (AvgIpc) is 3.41. The number of hydrogen-bond donors (Lipinski definition) is 0. The van der Waals surface area contributed by atoms with Crippen LogP contribution in [0.1, 0.15) is 30.7 Å². The fraction of sp³-hybridized carbons (Fsp3) is 0.286. The van der Waals surface area contributed by atoms with Crippen LogP contribution in [0.2, 0.25) is 0 Å². The first-order chi connectivity index (χ1) is 13.6. The maximum Gasteiger partial charge on any atom is 0.265 e. The van der Waals surface area contributed by atoms with Crippen molar-refractivity contribution in [2.75, 3.05) is 22.3 Å². The number of aromatic nitrogens is 1. The SMILES string of the molecule is CCN(c1ccccc1)S(=O)(=O)c1ccc(N2CCCC2c2cccs2)nc1. The highest BCUT2D eigenvalue weighted by molar-refractivity contribution is 7.92. The van der Waals surface area contributed by atoms with Gasteiger partial charge in [0.1, 0.15) is 10.7 Å². The van der Waals surface area contributed by atoms with E-state index in [1.165, 1.54) is 15.4 Å². The molecule has 1 fully saturated rings. The van der Waals surface area contributed by atoms with E-state index in [-0.39, 0.29) is 4.90 Å². The highest BCUT2D eigenvalue weighted by Crippen LogP contribution is 2.37. The Balaban J connectivity index is 1.60. The lowest BCUT2D eigenvalue weighted by Crippen LogP contribution is -2.31. The van der Waals surface area contributed by atoms with E-state index in [0.29, 0.717) is 18.3 Å². The molecule has 1 aliphatic heterocycles. The first-order valence-electron chi connectivity index (χ1n) is 9.45. The predicted molar refractivity (Wildman–Crippen MR) is 115 cm³/mol. The van der Waals surface area contributed by atoms with Crippen LogP contribution >= 0.6 is 11.3 Å². The van der Waals surface area contributed by atoms with Crippen molar-refractivity contribution >= 4 is 32.9 Å². The van der Waals surface area contributed by atoms with Gasteiger partial charge in [-0.05, 0) is 55.5 Å². The van der Waals surface area contributed by atoms with E-state index in [0.717, 1.165) is 25.2 Å². The van der Waals surface area contributed by atoms with E-state index >= 15 is 0 Å². The standard InChI is InChI=1S/C21H23N3O2S2/c1-2-24(17-8-4-3-5-9-17)28(25,26)18-12-13-21(22-16-18)23-14-6-10-19(23)20-11-7-15-27-20/h3-5,7-9,11-13,15-16,19H,2,6,10,14H2,1H3. The van der Waals surface area contributed by atoms with Crippen molar-refractivity contribution in [1.29, 1.82) is 0 Å². The molecule has 146 valence electrons. The molecule has 3 heterocycles. The number of rotatable bonds is 6. The van der Waals surface area contributed by atoms with Crippen molar-refractivity contribution in [2.45, 2.75) is 30.7 Å². The maximum absolute atomic E-state index is 13.1. The number of nitrogens with zero attached hydrogens (tertiary/aromatic N) is 3. The van der Waals surface area contributed by atoms with Crippen LogP contribution in [0.15, 0.2) is 71.1 Å². The zero-order valence-electron chi connectivity index (χ0n) is 15.7. The van der Waals surface area contributed by atoms with Gasteiger partial charge in [-0.2, -0.15) is 0 Å². The highest BCUT2D eigenvalue weighted by atomic mass is 32.2. The summed E-state index contributed by atoms with van der Waals surface area (Å²) >= 11 is 1.76. The minimum atomic E-state index is -3.65. The van der Waals surface area contributed by atoms with Crippen molar-refractivity contribution in [3.8, 4) is 0 Å². The van der Waals surface area contributed by atoms with Gasteiger partial charge < -0.3 is 4.90 Å². The van der Waals surface area contributed by atoms with Gasteiger partial charge in [0.25, 0.3) is 10.0 Å². The van der Waals surface area contributed by atoms with E-state index in [9.17, 15) is 8.42 Å². The molecule has 0 saturated carbocycles. The lowest BCUT2D eigenvalue weighted by molar-refractivity contribution is 0.591. The molecule has 3 aromatic rings. The highest BCUT2D eigenvalue weighted by Gasteiger charge is 2.29. The van der Waals surface area contributed by atoms with E-state index in [1.807, 2.05) is 31.2 Å². The monoisotopic (exact) mass is 413 g/mol. The van der Waals surface area contributed by atoms with Crippen molar-refractivity contribution in [2.24, 2.45) is 0 Å². The van der Waals surface area contributed by atoms with Crippen LogP contribution in [0.3, 0.4) is 0 Å². The Bertz CT molecular complexity index is 1000. The van der Waals surface area contributed by atoms with Crippen LogP contribution in [0.4, 0.5) is 11.5 Å². The Kier molecular flexibility index (Phi) is 5.37. The van der Waals surface area contributed by atoms with E-state index in [4.69, 9.17) is 0 Å². The van der Waals surface area contributed by atoms with Gasteiger partial charge in [0.05, 0.1) is 11.7 Å².